The minimum absolute atomic E-state index is 0.00266. The molecule has 110 valence electrons. The van der Waals surface area contributed by atoms with E-state index in [2.05, 4.69) is 5.32 Å². The van der Waals surface area contributed by atoms with Crippen molar-refractivity contribution in [3.05, 3.63) is 65.2 Å². The van der Waals surface area contributed by atoms with Crippen molar-refractivity contribution in [2.24, 2.45) is 0 Å². The smallest absolute Gasteiger partial charge is 0.258 e. The van der Waals surface area contributed by atoms with Gasteiger partial charge >= 0.3 is 0 Å². The standard InChI is InChI=1S/C17H19NO3/c1-13-2-4-14(5-3-13)10-18-17(20)12-21-16-8-6-15(11-19)7-9-16/h2-9,19H,10-12H2,1H3,(H,18,20). The number of nitrogens with one attached hydrogen (secondary N) is 1. The highest BCUT2D eigenvalue weighted by Gasteiger charge is 2.03. The number of amides is 1. The van der Waals surface area contributed by atoms with Crippen LogP contribution in [0, 0.1) is 6.92 Å². The molecule has 4 nitrogen and oxygen atoms in total. The molecule has 4 heteroatoms. The second-order valence-corrected chi connectivity index (χ2v) is 4.85. The highest BCUT2D eigenvalue weighted by Crippen LogP contribution is 2.11. The number of ether oxygens (including phenoxy) is 1. The molecule has 0 fully saturated rings. The lowest BCUT2D eigenvalue weighted by atomic mass is 10.1. The monoisotopic (exact) mass is 285 g/mol. The van der Waals surface area contributed by atoms with Gasteiger partial charge in [0.15, 0.2) is 6.61 Å². The Hall–Kier alpha value is -2.33. The third-order valence-corrected chi connectivity index (χ3v) is 3.09. The van der Waals surface area contributed by atoms with Gasteiger partial charge in [0.2, 0.25) is 0 Å². The number of benzene rings is 2. The van der Waals surface area contributed by atoms with Crippen LogP contribution < -0.4 is 10.1 Å². The molecule has 0 aliphatic rings. The van der Waals surface area contributed by atoms with Crippen LogP contribution in [0.2, 0.25) is 0 Å². The molecule has 0 saturated heterocycles. The predicted octanol–water partition coefficient (Wildman–Crippen LogP) is 2.18. The maximum atomic E-state index is 11.7. The fraction of sp³-hybridized carbons (Fsp3) is 0.235. The summed E-state index contributed by atoms with van der Waals surface area (Å²) in [4.78, 5) is 11.7. The molecular weight excluding hydrogens is 266 g/mol. The van der Waals surface area contributed by atoms with Crippen LogP contribution in [-0.4, -0.2) is 17.6 Å². The van der Waals surface area contributed by atoms with Crippen molar-refractivity contribution in [3.8, 4) is 5.75 Å². The number of aliphatic hydroxyl groups excluding tert-OH is 1. The molecule has 0 atom stereocenters. The van der Waals surface area contributed by atoms with Crippen molar-refractivity contribution >= 4 is 5.91 Å². The van der Waals surface area contributed by atoms with E-state index < -0.39 is 0 Å². The Balaban J connectivity index is 1.75. The van der Waals surface area contributed by atoms with E-state index in [1.807, 2.05) is 31.2 Å². The highest BCUT2D eigenvalue weighted by atomic mass is 16.5. The zero-order chi connectivity index (χ0) is 15.1. The summed E-state index contributed by atoms with van der Waals surface area (Å²) in [5, 5.41) is 11.7. The average molecular weight is 285 g/mol. The van der Waals surface area contributed by atoms with Crippen molar-refractivity contribution in [2.75, 3.05) is 6.61 Å². The molecule has 2 aromatic carbocycles. The van der Waals surface area contributed by atoms with Gasteiger partial charge in [-0.1, -0.05) is 42.0 Å². The number of aryl methyl sites for hydroxylation is 1. The molecule has 0 aliphatic carbocycles. The lowest BCUT2D eigenvalue weighted by molar-refractivity contribution is -0.123. The summed E-state index contributed by atoms with van der Waals surface area (Å²) in [6, 6.07) is 15.0. The van der Waals surface area contributed by atoms with Gasteiger partial charge in [-0.2, -0.15) is 0 Å². The number of aliphatic hydroxyl groups is 1. The zero-order valence-corrected chi connectivity index (χ0v) is 12.0. The fourth-order valence-corrected chi connectivity index (χ4v) is 1.80. The van der Waals surface area contributed by atoms with Gasteiger partial charge in [-0.3, -0.25) is 4.79 Å². The van der Waals surface area contributed by atoms with Gasteiger partial charge in [0.25, 0.3) is 5.91 Å². The summed E-state index contributed by atoms with van der Waals surface area (Å²) in [6.07, 6.45) is 0. The third kappa shape index (κ3) is 4.93. The van der Waals surface area contributed by atoms with Gasteiger partial charge in [-0.05, 0) is 30.2 Å². The maximum Gasteiger partial charge on any atom is 0.258 e. The normalized spacial score (nSPS) is 10.2. The molecule has 0 aliphatic heterocycles. The van der Waals surface area contributed by atoms with Gasteiger partial charge in [0.05, 0.1) is 6.61 Å². The predicted molar refractivity (Wildman–Crippen MR) is 80.9 cm³/mol. The first-order valence-corrected chi connectivity index (χ1v) is 6.82. The lowest BCUT2D eigenvalue weighted by Crippen LogP contribution is -2.28. The average Bonchev–Trinajstić information content (AvgIpc) is 2.53. The SMILES string of the molecule is Cc1ccc(CNC(=O)COc2ccc(CO)cc2)cc1. The van der Waals surface area contributed by atoms with Gasteiger partial charge < -0.3 is 15.2 Å². The Labute approximate surface area is 124 Å². The summed E-state index contributed by atoms with van der Waals surface area (Å²) in [5.41, 5.74) is 3.06. The van der Waals surface area contributed by atoms with E-state index in [9.17, 15) is 4.79 Å². The fourth-order valence-electron chi connectivity index (χ4n) is 1.80. The molecule has 0 spiro atoms. The van der Waals surface area contributed by atoms with Crippen molar-refractivity contribution in [1.82, 2.24) is 5.32 Å². The number of hydrogen-bond acceptors (Lipinski definition) is 3. The zero-order valence-electron chi connectivity index (χ0n) is 12.0. The number of carbonyl (C=O) groups excluding carboxylic acids is 1. The summed E-state index contributed by atoms with van der Waals surface area (Å²) >= 11 is 0. The second kappa shape index (κ2) is 7.45. The van der Waals surface area contributed by atoms with Gasteiger partial charge in [-0.25, -0.2) is 0 Å². The molecule has 2 N–H and O–H groups in total. The molecule has 0 heterocycles. The van der Waals surface area contributed by atoms with Crippen LogP contribution in [0.3, 0.4) is 0 Å². The van der Waals surface area contributed by atoms with E-state index in [0.717, 1.165) is 11.1 Å². The van der Waals surface area contributed by atoms with Crippen LogP contribution in [0.1, 0.15) is 16.7 Å². The molecular formula is C17H19NO3. The van der Waals surface area contributed by atoms with Crippen molar-refractivity contribution in [1.29, 1.82) is 0 Å². The molecule has 2 aromatic rings. The van der Waals surface area contributed by atoms with E-state index >= 15 is 0 Å². The molecule has 1 amide bonds. The van der Waals surface area contributed by atoms with E-state index in [1.54, 1.807) is 24.3 Å². The van der Waals surface area contributed by atoms with Crippen molar-refractivity contribution < 1.29 is 14.6 Å². The quantitative estimate of drug-likeness (QED) is 0.855. The minimum atomic E-state index is -0.165. The molecule has 2 rings (SSSR count). The summed E-state index contributed by atoms with van der Waals surface area (Å²) in [5.74, 6) is 0.444. The number of rotatable bonds is 6. The Kier molecular flexibility index (Phi) is 5.35. The summed E-state index contributed by atoms with van der Waals surface area (Å²) < 4.78 is 5.38. The van der Waals surface area contributed by atoms with Gasteiger partial charge in [0, 0.05) is 6.54 Å². The van der Waals surface area contributed by atoms with Crippen LogP contribution in [0.5, 0.6) is 5.75 Å². The largest absolute Gasteiger partial charge is 0.484 e. The van der Waals surface area contributed by atoms with Crippen LogP contribution in [0.25, 0.3) is 0 Å². The topological polar surface area (TPSA) is 58.6 Å². The Morgan fingerprint density at radius 2 is 1.67 bits per heavy atom. The highest BCUT2D eigenvalue weighted by molar-refractivity contribution is 5.77. The van der Waals surface area contributed by atoms with Gasteiger partial charge in [0.1, 0.15) is 5.75 Å². The lowest BCUT2D eigenvalue weighted by Gasteiger charge is -2.08. The van der Waals surface area contributed by atoms with Crippen molar-refractivity contribution in [2.45, 2.75) is 20.1 Å². The first-order chi connectivity index (χ1) is 10.2. The molecule has 0 unspecified atom stereocenters. The van der Waals surface area contributed by atoms with E-state index in [1.165, 1.54) is 5.56 Å². The van der Waals surface area contributed by atoms with E-state index in [0.29, 0.717) is 12.3 Å². The molecule has 0 bridgehead atoms. The maximum absolute atomic E-state index is 11.7. The minimum Gasteiger partial charge on any atom is -0.484 e. The number of hydrogen-bond donors (Lipinski definition) is 2. The molecule has 0 radical (unpaired) electrons. The number of carbonyl (C=O) groups is 1. The first kappa shape index (κ1) is 15.1. The third-order valence-electron chi connectivity index (χ3n) is 3.09. The van der Waals surface area contributed by atoms with Crippen LogP contribution in [0.15, 0.2) is 48.5 Å². The molecule has 0 saturated carbocycles. The molecule has 0 aromatic heterocycles. The van der Waals surface area contributed by atoms with E-state index in [4.69, 9.17) is 9.84 Å². The Morgan fingerprint density at radius 1 is 1.05 bits per heavy atom. The first-order valence-electron chi connectivity index (χ1n) is 6.82. The summed E-state index contributed by atoms with van der Waals surface area (Å²) in [6.45, 7) is 2.49. The van der Waals surface area contributed by atoms with Crippen LogP contribution in [0.4, 0.5) is 0 Å². The second-order valence-electron chi connectivity index (χ2n) is 4.85. The molecule has 21 heavy (non-hydrogen) atoms. The van der Waals surface area contributed by atoms with E-state index in [-0.39, 0.29) is 19.1 Å². The van der Waals surface area contributed by atoms with Gasteiger partial charge in [-0.15, -0.1) is 0 Å². The Morgan fingerprint density at radius 3 is 2.29 bits per heavy atom. The Bertz CT molecular complexity index is 576. The van der Waals surface area contributed by atoms with Crippen LogP contribution >= 0.6 is 0 Å². The van der Waals surface area contributed by atoms with Crippen LogP contribution in [-0.2, 0) is 17.9 Å². The summed E-state index contributed by atoms with van der Waals surface area (Å²) in [7, 11) is 0. The van der Waals surface area contributed by atoms with Crippen molar-refractivity contribution in [3.63, 3.8) is 0 Å².